The summed E-state index contributed by atoms with van der Waals surface area (Å²) >= 11 is 3.54. The van der Waals surface area contributed by atoms with Crippen molar-refractivity contribution in [2.75, 3.05) is 26.8 Å². The van der Waals surface area contributed by atoms with E-state index in [1.807, 2.05) is 0 Å². The molecule has 4 heteroatoms. The van der Waals surface area contributed by atoms with Crippen molar-refractivity contribution in [2.45, 2.75) is 24.9 Å². The monoisotopic (exact) mass is 312 g/mol. The van der Waals surface area contributed by atoms with Gasteiger partial charge in [-0.1, -0.05) is 28.1 Å². The summed E-state index contributed by atoms with van der Waals surface area (Å²) in [6.07, 6.45) is 2.27. The first kappa shape index (κ1) is 14.0. The number of benzene rings is 1. The van der Waals surface area contributed by atoms with Crippen LogP contribution in [-0.4, -0.2) is 37.7 Å². The number of piperidine rings is 1. The van der Waals surface area contributed by atoms with Crippen molar-refractivity contribution >= 4 is 15.9 Å². The highest BCUT2D eigenvalue weighted by Gasteiger charge is 2.29. The predicted octanol–water partition coefficient (Wildman–Crippen LogP) is 2.56. The molecule has 2 N–H and O–H groups in total. The highest BCUT2D eigenvalue weighted by Crippen LogP contribution is 2.31. The summed E-state index contributed by atoms with van der Waals surface area (Å²) in [5.74, 6) is 0. The zero-order valence-electron chi connectivity index (χ0n) is 10.8. The molecule has 1 aromatic rings. The molecule has 0 saturated carbocycles. The van der Waals surface area contributed by atoms with Gasteiger partial charge in [-0.05, 0) is 37.1 Å². The third-order valence-electron chi connectivity index (χ3n) is 3.55. The highest BCUT2D eigenvalue weighted by atomic mass is 79.9. The number of nitrogens with zero attached hydrogens (tertiary/aromatic N) is 1. The molecule has 0 spiro atoms. The van der Waals surface area contributed by atoms with Crippen LogP contribution >= 0.6 is 15.9 Å². The molecule has 0 aromatic heterocycles. The molecular formula is C14H21BrN2O. The summed E-state index contributed by atoms with van der Waals surface area (Å²) in [5, 5.41) is 0. The van der Waals surface area contributed by atoms with Crippen LogP contribution in [0.15, 0.2) is 28.7 Å². The lowest BCUT2D eigenvalue weighted by molar-refractivity contribution is 0.0848. The molecule has 2 rings (SSSR count). The summed E-state index contributed by atoms with van der Waals surface area (Å²) in [6.45, 7) is 2.81. The van der Waals surface area contributed by atoms with Gasteiger partial charge in [-0.3, -0.25) is 4.90 Å². The molecule has 100 valence electrons. The summed E-state index contributed by atoms with van der Waals surface area (Å²) < 4.78 is 6.31. The maximum atomic E-state index is 6.33. The van der Waals surface area contributed by atoms with Crippen molar-refractivity contribution < 1.29 is 4.74 Å². The summed E-state index contributed by atoms with van der Waals surface area (Å²) in [6, 6.07) is 9.00. The third-order valence-corrected chi connectivity index (χ3v) is 4.05. The normalized spacial score (nSPS) is 25.3. The largest absolute Gasteiger partial charge is 0.383 e. The molecule has 0 aliphatic carbocycles. The average molecular weight is 313 g/mol. The Balaban J connectivity index is 2.18. The van der Waals surface area contributed by atoms with E-state index >= 15 is 0 Å². The van der Waals surface area contributed by atoms with E-state index in [1.54, 1.807) is 7.11 Å². The molecular weight excluding hydrogens is 292 g/mol. The lowest BCUT2D eigenvalue weighted by atomic mass is 9.91. The van der Waals surface area contributed by atoms with Gasteiger partial charge in [-0.2, -0.15) is 0 Å². The maximum absolute atomic E-state index is 6.33. The average Bonchev–Trinajstić information content (AvgIpc) is 2.36. The Morgan fingerprint density at radius 2 is 2.33 bits per heavy atom. The van der Waals surface area contributed by atoms with Crippen molar-refractivity contribution in [1.82, 2.24) is 4.90 Å². The molecule has 2 unspecified atom stereocenters. The third kappa shape index (κ3) is 3.32. The fourth-order valence-electron chi connectivity index (χ4n) is 2.71. The number of nitrogens with two attached hydrogens (primary N) is 1. The number of ether oxygens (including phenoxy) is 1. The van der Waals surface area contributed by atoms with E-state index < -0.39 is 0 Å². The molecule has 1 heterocycles. The quantitative estimate of drug-likeness (QED) is 0.928. The topological polar surface area (TPSA) is 38.5 Å². The van der Waals surface area contributed by atoms with Crippen LogP contribution in [-0.2, 0) is 4.74 Å². The number of hydrogen-bond acceptors (Lipinski definition) is 3. The van der Waals surface area contributed by atoms with E-state index in [0.717, 1.165) is 30.6 Å². The van der Waals surface area contributed by atoms with E-state index in [0.29, 0.717) is 6.04 Å². The van der Waals surface area contributed by atoms with E-state index in [1.165, 1.54) is 12.0 Å². The van der Waals surface area contributed by atoms with Gasteiger partial charge in [0.05, 0.1) is 12.6 Å². The van der Waals surface area contributed by atoms with Gasteiger partial charge in [0.2, 0.25) is 0 Å². The number of rotatable bonds is 4. The fraction of sp³-hybridized carbons (Fsp3) is 0.571. The van der Waals surface area contributed by atoms with Crippen LogP contribution in [0.2, 0.25) is 0 Å². The zero-order chi connectivity index (χ0) is 13.0. The van der Waals surface area contributed by atoms with Crippen LogP contribution in [0, 0.1) is 0 Å². The van der Waals surface area contributed by atoms with E-state index in [2.05, 4.69) is 45.1 Å². The Bertz CT molecular complexity index is 386. The Morgan fingerprint density at radius 3 is 3.06 bits per heavy atom. The minimum Gasteiger partial charge on any atom is -0.383 e. The van der Waals surface area contributed by atoms with Gasteiger partial charge in [0.1, 0.15) is 0 Å². The molecule has 1 fully saturated rings. The predicted molar refractivity (Wildman–Crippen MR) is 77.5 cm³/mol. The standard InChI is InChI=1S/C14H21BrN2O/c1-18-9-8-17-7-3-6-13(16)14(17)11-4-2-5-12(15)10-11/h2,4-5,10,13-14H,3,6-9,16H2,1H3. The van der Waals surface area contributed by atoms with Crippen LogP contribution in [0.1, 0.15) is 24.4 Å². The van der Waals surface area contributed by atoms with Gasteiger partial charge in [-0.15, -0.1) is 0 Å². The minimum atomic E-state index is 0.213. The van der Waals surface area contributed by atoms with Crippen LogP contribution in [0.5, 0.6) is 0 Å². The molecule has 1 aromatic carbocycles. The zero-order valence-corrected chi connectivity index (χ0v) is 12.4. The van der Waals surface area contributed by atoms with Gasteiger partial charge >= 0.3 is 0 Å². The van der Waals surface area contributed by atoms with Gasteiger partial charge in [0, 0.05) is 24.2 Å². The molecule has 1 aliphatic heterocycles. The molecule has 3 nitrogen and oxygen atoms in total. The SMILES string of the molecule is COCCN1CCCC(N)C1c1cccc(Br)c1. The summed E-state index contributed by atoms with van der Waals surface area (Å²) in [5.41, 5.74) is 7.62. The van der Waals surface area contributed by atoms with Gasteiger partial charge in [0.15, 0.2) is 0 Å². The molecule has 2 atom stereocenters. The Morgan fingerprint density at radius 1 is 1.50 bits per heavy atom. The van der Waals surface area contributed by atoms with Crippen molar-refractivity contribution in [1.29, 1.82) is 0 Å². The van der Waals surface area contributed by atoms with Crippen molar-refractivity contribution in [3.63, 3.8) is 0 Å². The Kier molecular flexibility index (Phi) is 5.18. The lowest BCUT2D eigenvalue weighted by Gasteiger charge is -2.40. The molecule has 1 saturated heterocycles. The van der Waals surface area contributed by atoms with Crippen molar-refractivity contribution in [2.24, 2.45) is 5.73 Å². The van der Waals surface area contributed by atoms with Crippen LogP contribution in [0.25, 0.3) is 0 Å². The lowest BCUT2D eigenvalue weighted by Crippen LogP contribution is -2.46. The van der Waals surface area contributed by atoms with Gasteiger partial charge in [-0.25, -0.2) is 0 Å². The van der Waals surface area contributed by atoms with Crippen LogP contribution < -0.4 is 5.73 Å². The molecule has 1 aliphatic rings. The second-order valence-corrected chi connectivity index (χ2v) is 5.75. The van der Waals surface area contributed by atoms with E-state index in [-0.39, 0.29) is 6.04 Å². The number of hydrogen-bond donors (Lipinski definition) is 1. The second-order valence-electron chi connectivity index (χ2n) is 4.83. The number of methoxy groups -OCH3 is 1. The number of halogens is 1. The van der Waals surface area contributed by atoms with Crippen LogP contribution in [0.4, 0.5) is 0 Å². The Labute approximate surface area is 117 Å². The Hall–Kier alpha value is -0.420. The maximum Gasteiger partial charge on any atom is 0.0589 e. The van der Waals surface area contributed by atoms with Crippen LogP contribution in [0.3, 0.4) is 0 Å². The number of likely N-dealkylation sites (tertiary alicyclic amines) is 1. The van der Waals surface area contributed by atoms with Gasteiger partial charge < -0.3 is 10.5 Å². The minimum absolute atomic E-state index is 0.213. The van der Waals surface area contributed by atoms with Gasteiger partial charge in [0.25, 0.3) is 0 Å². The second kappa shape index (κ2) is 6.66. The van der Waals surface area contributed by atoms with Crippen molar-refractivity contribution in [3.8, 4) is 0 Å². The first-order chi connectivity index (χ1) is 8.72. The summed E-state index contributed by atoms with van der Waals surface area (Å²) in [7, 11) is 1.75. The molecule has 0 amide bonds. The fourth-order valence-corrected chi connectivity index (χ4v) is 3.12. The first-order valence-corrected chi connectivity index (χ1v) is 7.25. The molecule has 18 heavy (non-hydrogen) atoms. The summed E-state index contributed by atoms with van der Waals surface area (Å²) in [4.78, 5) is 2.44. The highest BCUT2D eigenvalue weighted by molar-refractivity contribution is 9.10. The van der Waals surface area contributed by atoms with E-state index in [4.69, 9.17) is 10.5 Å². The first-order valence-electron chi connectivity index (χ1n) is 6.46. The smallest absolute Gasteiger partial charge is 0.0589 e. The van der Waals surface area contributed by atoms with Crippen molar-refractivity contribution in [3.05, 3.63) is 34.3 Å². The molecule has 0 radical (unpaired) electrons. The molecule has 0 bridgehead atoms. The van der Waals surface area contributed by atoms with E-state index in [9.17, 15) is 0 Å².